The van der Waals surface area contributed by atoms with Crippen LogP contribution in [0.25, 0.3) is 0 Å². The molecular weight excluding hydrogens is 406 g/mol. The first-order valence-electron chi connectivity index (χ1n) is 10.6. The van der Waals surface area contributed by atoms with E-state index in [2.05, 4.69) is 0 Å². The molecule has 0 fully saturated rings. The number of hydrogen-bond donors (Lipinski definition) is 0. The summed E-state index contributed by atoms with van der Waals surface area (Å²) in [5.41, 5.74) is -0.442. The number of non-ortho nitro benzene ring substituents is 1. The fraction of sp³-hybridized carbons (Fsp3) is 0.682. The molecule has 176 valence electrons. The van der Waals surface area contributed by atoms with E-state index in [1.54, 1.807) is 12.1 Å². The fourth-order valence-corrected chi connectivity index (χ4v) is 2.42. The Morgan fingerprint density at radius 3 is 1.90 bits per heavy atom. The van der Waals surface area contributed by atoms with E-state index in [1.807, 2.05) is 20.8 Å². The largest absolute Gasteiger partial charge is 0.494 e. The van der Waals surface area contributed by atoms with Crippen LogP contribution in [0.5, 0.6) is 5.75 Å². The second kappa shape index (κ2) is 15.6. The molecule has 0 aliphatic carbocycles. The molecule has 1 aromatic rings. The molecule has 0 spiro atoms. The highest BCUT2D eigenvalue weighted by molar-refractivity contribution is 5.71. The maximum absolute atomic E-state index is 11.5. The summed E-state index contributed by atoms with van der Waals surface area (Å²) in [7, 11) is 0. The Kier molecular flexibility index (Phi) is 13.4. The van der Waals surface area contributed by atoms with Crippen molar-refractivity contribution in [3.8, 4) is 5.75 Å². The first kappa shape index (κ1) is 26.8. The second-order valence-corrected chi connectivity index (χ2v) is 7.88. The zero-order chi connectivity index (χ0) is 23.0. The lowest BCUT2D eigenvalue weighted by molar-refractivity contribution is -0.384. The molecule has 0 unspecified atom stereocenters. The average Bonchev–Trinajstić information content (AvgIpc) is 2.70. The lowest BCUT2D eigenvalue weighted by Gasteiger charge is -2.19. The van der Waals surface area contributed by atoms with Crippen LogP contribution < -0.4 is 4.74 Å². The Morgan fingerprint density at radius 1 is 0.839 bits per heavy atom. The van der Waals surface area contributed by atoms with Crippen LogP contribution in [0.15, 0.2) is 24.3 Å². The van der Waals surface area contributed by atoms with Gasteiger partial charge in [-0.1, -0.05) is 0 Å². The van der Waals surface area contributed by atoms with E-state index >= 15 is 0 Å². The molecule has 0 atom stereocenters. The van der Waals surface area contributed by atoms with E-state index in [0.717, 1.165) is 25.7 Å². The van der Waals surface area contributed by atoms with Crippen molar-refractivity contribution in [1.82, 2.24) is 0 Å². The van der Waals surface area contributed by atoms with Gasteiger partial charge in [-0.05, 0) is 52.2 Å². The summed E-state index contributed by atoms with van der Waals surface area (Å²) < 4.78 is 27.0. The maximum Gasteiger partial charge on any atom is 0.332 e. The van der Waals surface area contributed by atoms with Gasteiger partial charge in [0.25, 0.3) is 5.69 Å². The Hall–Kier alpha value is -2.23. The minimum absolute atomic E-state index is 0.0342. The summed E-state index contributed by atoms with van der Waals surface area (Å²) >= 11 is 0. The lowest BCUT2D eigenvalue weighted by Crippen LogP contribution is -2.26. The third kappa shape index (κ3) is 15.3. The summed E-state index contributed by atoms with van der Waals surface area (Å²) in [5.74, 6) is 0.254. The zero-order valence-corrected chi connectivity index (χ0v) is 18.8. The maximum atomic E-state index is 11.5. The molecule has 0 aliphatic heterocycles. The molecule has 0 saturated carbocycles. The van der Waals surface area contributed by atoms with Gasteiger partial charge in [-0.3, -0.25) is 10.1 Å². The van der Waals surface area contributed by atoms with E-state index in [0.29, 0.717) is 45.4 Å². The Bertz CT molecular complexity index is 627. The van der Waals surface area contributed by atoms with Gasteiger partial charge in [0.1, 0.15) is 18.0 Å². The number of benzene rings is 1. The smallest absolute Gasteiger partial charge is 0.332 e. The number of ether oxygens (including phenoxy) is 5. The van der Waals surface area contributed by atoms with Gasteiger partial charge in [0.15, 0.2) is 0 Å². The number of nitro groups is 1. The van der Waals surface area contributed by atoms with Crippen LogP contribution >= 0.6 is 0 Å². The van der Waals surface area contributed by atoms with Gasteiger partial charge < -0.3 is 23.7 Å². The number of hydrogen-bond acceptors (Lipinski definition) is 8. The van der Waals surface area contributed by atoms with Gasteiger partial charge in [0.2, 0.25) is 0 Å². The molecule has 0 bridgehead atoms. The second-order valence-electron chi connectivity index (χ2n) is 7.88. The summed E-state index contributed by atoms with van der Waals surface area (Å²) in [6, 6.07) is 6.02. The van der Waals surface area contributed by atoms with Crippen molar-refractivity contribution in [2.45, 2.75) is 52.1 Å². The Balaban J connectivity index is 1.82. The van der Waals surface area contributed by atoms with E-state index in [9.17, 15) is 14.9 Å². The predicted octanol–water partition coefficient (Wildman–Crippen LogP) is 3.93. The van der Waals surface area contributed by atoms with Crippen molar-refractivity contribution < 1.29 is 33.4 Å². The first-order valence-corrected chi connectivity index (χ1v) is 10.6. The molecular formula is C22H35NO8. The number of esters is 1. The van der Waals surface area contributed by atoms with Crippen molar-refractivity contribution in [1.29, 1.82) is 0 Å². The van der Waals surface area contributed by atoms with Gasteiger partial charge in [0.05, 0.1) is 11.5 Å². The highest BCUT2D eigenvalue weighted by Crippen LogP contribution is 2.17. The SMILES string of the molecule is CC(C)(C)OC(=O)COCCCOCCCCOCCCOc1ccc([N+](=O)[O-])cc1. The quantitative estimate of drug-likeness (QED) is 0.155. The molecule has 0 aliphatic rings. The lowest BCUT2D eigenvalue weighted by atomic mass is 10.2. The van der Waals surface area contributed by atoms with Crippen LogP contribution in [0.3, 0.4) is 0 Å². The summed E-state index contributed by atoms with van der Waals surface area (Å²) in [6.07, 6.45) is 3.31. The van der Waals surface area contributed by atoms with Crippen LogP contribution in [0.1, 0.15) is 46.5 Å². The average molecular weight is 442 g/mol. The summed E-state index contributed by atoms with van der Waals surface area (Å²) in [4.78, 5) is 21.6. The summed E-state index contributed by atoms with van der Waals surface area (Å²) in [6.45, 7) is 8.92. The van der Waals surface area contributed by atoms with Crippen LogP contribution in [0.4, 0.5) is 5.69 Å². The molecule has 0 saturated heterocycles. The van der Waals surface area contributed by atoms with Crippen LogP contribution in [0.2, 0.25) is 0 Å². The molecule has 0 radical (unpaired) electrons. The third-order valence-electron chi connectivity index (χ3n) is 3.79. The Morgan fingerprint density at radius 2 is 1.35 bits per heavy atom. The van der Waals surface area contributed by atoms with Crippen molar-refractivity contribution >= 4 is 11.7 Å². The van der Waals surface area contributed by atoms with Crippen LogP contribution in [0, 0.1) is 10.1 Å². The van der Waals surface area contributed by atoms with E-state index in [4.69, 9.17) is 23.7 Å². The number of nitro benzene ring substituents is 1. The highest BCUT2D eigenvalue weighted by atomic mass is 16.6. The van der Waals surface area contributed by atoms with E-state index in [-0.39, 0.29) is 18.3 Å². The molecule has 9 nitrogen and oxygen atoms in total. The fourth-order valence-electron chi connectivity index (χ4n) is 2.42. The van der Waals surface area contributed by atoms with Crippen LogP contribution in [-0.4, -0.2) is 62.7 Å². The molecule has 0 N–H and O–H groups in total. The van der Waals surface area contributed by atoms with Crippen molar-refractivity contribution in [2.24, 2.45) is 0 Å². The zero-order valence-electron chi connectivity index (χ0n) is 18.8. The molecule has 31 heavy (non-hydrogen) atoms. The van der Waals surface area contributed by atoms with Crippen molar-refractivity contribution in [3.05, 3.63) is 34.4 Å². The van der Waals surface area contributed by atoms with Gasteiger partial charge in [-0.15, -0.1) is 0 Å². The number of nitrogens with zero attached hydrogens (tertiary/aromatic N) is 1. The number of carbonyl (C=O) groups excluding carboxylic acids is 1. The molecule has 0 aromatic heterocycles. The number of unbranched alkanes of at least 4 members (excludes halogenated alkanes) is 1. The standard InChI is InChI=1S/C22H35NO8/c1-22(2,3)31-21(24)18-29-16-6-14-27-12-4-5-13-28-15-7-17-30-20-10-8-19(9-11-20)23(25)26/h8-11H,4-7,12-18H2,1-3H3. The molecule has 0 heterocycles. The third-order valence-corrected chi connectivity index (χ3v) is 3.79. The Labute approximate surface area is 184 Å². The van der Waals surface area contributed by atoms with Gasteiger partial charge in [0, 0.05) is 51.6 Å². The predicted molar refractivity (Wildman–Crippen MR) is 115 cm³/mol. The molecule has 0 amide bonds. The highest BCUT2D eigenvalue weighted by Gasteiger charge is 2.15. The van der Waals surface area contributed by atoms with Gasteiger partial charge >= 0.3 is 5.97 Å². The van der Waals surface area contributed by atoms with E-state index < -0.39 is 10.5 Å². The number of rotatable bonds is 17. The van der Waals surface area contributed by atoms with Crippen molar-refractivity contribution in [2.75, 3.05) is 46.2 Å². The van der Waals surface area contributed by atoms with E-state index in [1.165, 1.54) is 12.1 Å². The van der Waals surface area contributed by atoms with Crippen molar-refractivity contribution in [3.63, 3.8) is 0 Å². The molecule has 1 aromatic carbocycles. The van der Waals surface area contributed by atoms with Gasteiger partial charge in [-0.2, -0.15) is 0 Å². The topological polar surface area (TPSA) is 106 Å². The number of carbonyl (C=O) groups is 1. The monoisotopic (exact) mass is 441 g/mol. The minimum atomic E-state index is -0.490. The van der Waals surface area contributed by atoms with Crippen LogP contribution in [-0.2, 0) is 23.7 Å². The molecule has 1 rings (SSSR count). The first-order chi connectivity index (χ1) is 14.8. The molecule has 9 heteroatoms. The van der Waals surface area contributed by atoms with Gasteiger partial charge in [-0.25, -0.2) is 4.79 Å². The normalized spacial score (nSPS) is 11.3. The minimum Gasteiger partial charge on any atom is -0.494 e. The summed E-state index contributed by atoms with van der Waals surface area (Å²) in [5, 5.41) is 10.6.